The van der Waals surface area contributed by atoms with Crippen LogP contribution in [0.15, 0.2) is 73.1 Å². The fraction of sp³-hybridized carbons (Fsp3) is 0.320. The lowest BCUT2D eigenvalue weighted by molar-refractivity contribution is -0.0277. The molecule has 1 saturated heterocycles. The number of benzene rings is 2. The van der Waals surface area contributed by atoms with Crippen LogP contribution in [0.3, 0.4) is 0 Å². The second kappa shape index (κ2) is 8.76. The summed E-state index contributed by atoms with van der Waals surface area (Å²) in [6.45, 7) is 5.22. The van der Waals surface area contributed by atoms with Gasteiger partial charge in [0.05, 0.1) is 5.60 Å². The fourth-order valence-corrected chi connectivity index (χ4v) is 3.88. The van der Waals surface area contributed by atoms with Crippen molar-refractivity contribution in [2.45, 2.75) is 38.5 Å². The number of aliphatic hydroxyl groups is 1. The molecular formula is C25H28N2O2. The van der Waals surface area contributed by atoms with Crippen LogP contribution in [0.1, 0.15) is 35.1 Å². The van der Waals surface area contributed by atoms with Crippen molar-refractivity contribution in [2.24, 2.45) is 0 Å². The summed E-state index contributed by atoms with van der Waals surface area (Å²) in [5, 5.41) is 11.1. The van der Waals surface area contributed by atoms with Crippen LogP contribution in [-0.2, 0) is 18.8 Å². The summed E-state index contributed by atoms with van der Waals surface area (Å²) >= 11 is 0. The van der Waals surface area contributed by atoms with Crippen LogP contribution < -0.4 is 4.74 Å². The predicted molar refractivity (Wildman–Crippen MR) is 115 cm³/mol. The van der Waals surface area contributed by atoms with Crippen LogP contribution >= 0.6 is 0 Å². The molecule has 4 heteroatoms. The first kappa shape index (κ1) is 19.6. The van der Waals surface area contributed by atoms with Crippen molar-refractivity contribution in [1.29, 1.82) is 0 Å². The van der Waals surface area contributed by atoms with E-state index >= 15 is 0 Å². The van der Waals surface area contributed by atoms with Crippen molar-refractivity contribution in [2.75, 3.05) is 13.1 Å². The molecule has 0 bridgehead atoms. The van der Waals surface area contributed by atoms with Crippen molar-refractivity contribution in [3.8, 4) is 5.75 Å². The van der Waals surface area contributed by atoms with E-state index in [0.717, 1.165) is 49.4 Å². The maximum atomic E-state index is 11.1. The first-order valence-corrected chi connectivity index (χ1v) is 10.2. The van der Waals surface area contributed by atoms with Crippen LogP contribution in [0.2, 0.25) is 0 Å². The smallest absolute Gasteiger partial charge is 0.120 e. The quantitative estimate of drug-likeness (QED) is 0.678. The molecule has 2 aromatic carbocycles. The van der Waals surface area contributed by atoms with Gasteiger partial charge in [0.25, 0.3) is 0 Å². The van der Waals surface area contributed by atoms with Crippen LogP contribution in [0.25, 0.3) is 0 Å². The van der Waals surface area contributed by atoms with Gasteiger partial charge in [-0.2, -0.15) is 0 Å². The molecule has 1 aliphatic rings. The molecule has 0 amide bonds. The van der Waals surface area contributed by atoms with E-state index in [4.69, 9.17) is 4.74 Å². The fourth-order valence-electron chi connectivity index (χ4n) is 3.88. The lowest BCUT2D eigenvalue weighted by atomic mass is 9.84. The Hall–Kier alpha value is -2.69. The van der Waals surface area contributed by atoms with Gasteiger partial charge in [0.1, 0.15) is 12.4 Å². The maximum Gasteiger partial charge on any atom is 0.120 e. The molecule has 0 saturated carbocycles. The molecule has 150 valence electrons. The number of nitrogens with zero attached hydrogens (tertiary/aromatic N) is 2. The molecule has 1 aliphatic heterocycles. The first-order chi connectivity index (χ1) is 14.1. The Kier molecular flexibility index (Phi) is 5.93. The van der Waals surface area contributed by atoms with Crippen molar-refractivity contribution in [1.82, 2.24) is 9.88 Å². The van der Waals surface area contributed by atoms with E-state index in [1.165, 1.54) is 11.1 Å². The van der Waals surface area contributed by atoms with Crippen molar-refractivity contribution in [3.63, 3.8) is 0 Å². The molecule has 3 aromatic rings. The Bertz CT molecular complexity index is 917. The average Bonchev–Trinajstić information content (AvgIpc) is 2.75. The number of pyridine rings is 1. The third-order valence-electron chi connectivity index (χ3n) is 5.71. The molecule has 1 N–H and O–H groups in total. The number of likely N-dealkylation sites (tertiary alicyclic amines) is 1. The van der Waals surface area contributed by atoms with E-state index in [9.17, 15) is 5.11 Å². The lowest BCUT2D eigenvalue weighted by Crippen LogP contribution is -2.42. The summed E-state index contributed by atoms with van der Waals surface area (Å²) < 4.78 is 5.92. The van der Waals surface area contributed by atoms with Gasteiger partial charge < -0.3 is 9.84 Å². The van der Waals surface area contributed by atoms with Gasteiger partial charge in [0.2, 0.25) is 0 Å². The Morgan fingerprint density at radius 1 is 1.00 bits per heavy atom. The highest BCUT2D eigenvalue weighted by Crippen LogP contribution is 2.33. The zero-order valence-corrected chi connectivity index (χ0v) is 16.9. The van der Waals surface area contributed by atoms with Crippen molar-refractivity contribution in [3.05, 3.63) is 95.3 Å². The number of ether oxygens (including phenoxy) is 1. The number of hydrogen-bond acceptors (Lipinski definition) is 4. The summed E-state index contributed by atoms with van der Waals surface area (Å²) in [6, 6.07) is 20.5. The highest BCUT2D eigenvalue weighted by molar-refractivity contribution is 5.30. The first-order valence-electron chi connectivity index (χ1n) is 10.2. The van der Waals surface area contributed by atoms with Gasteiger partial charge in [-0.05, 0) is 49.1 Å². The minimum atomic E-state index is -0.709. The maximum absolute atomic E-state index is 11.1. The highest BCUT2D eigenvalue weighted by Gasteiger charge is 2.33. The predicted octanol–water partition coefficient (Wildman–Crippen LogP) is 4.45. The SMILES string of the molecule is Cc1ccc(C2(O)CCN(Cc3cccc(OCc4cccnc4)c3)CC2)cc1. The van der Waals surface area contributed by atoms with Gasteiger partial charge in [-0.1, -0.05) is 48.0 Å². The zero-order valence-electron chi connectivity index (χ0n) is 16.9. The summed E-state index contributed by atoms with van der Waals surface area (Å²) in [7, 11) is 0. The van der Waals surface area contributed by atoms with E-state index in [2.05, 4.69) is 53.2 Å². The van der Waals surface area contributed by atoms with Gasteiger partial charge in [-0.25, -0.2) is 0 Å². The second-order valence-electron chi connectivity index (χ2n) is 7.97. The van der Waals surface area contributed by atoms with Gasteiger partial charge >= 0.3 is 0 Å². The topological polar surface area (TPSA) is 45.6 Å². The number of hydrogen-bond donors (Lipinski definition) is 1. The second-order valence-corrected chi connectivity index (χ2v) is 7.97. The number of rotatable bonds is 6. The number of aryl methyl sites for hydroxylation is 1. The Labute approximate surface area is 172 Å². The van der Waals surface area contributed by atoms with Crippen LogP contribution in [-0.4, -0.2) is 28.1 Å². The van der Waals surface area contributed by atoms with Gasteiger partial charge in [0, 0.05) is 37.6 Å². The largest absolute Gasteiger partial charge is 0.489 e. The minimum absolute atomic E-state index is 0.518. The summed E-state index contributed by atoms with van der Waals surface area (Å²) in [5.41, 5.74) is 3.84. The van der Waals surface area contributed by atoms with E-state index in [1.807, 2.05) is 30.5 Å². The van der Waals surface area contributed by atoms with Crippen LogP contribution in [0, 0.1) is 6.92 Å². The monoisotopic (exact) mass is 388 g/mol. The van der Waals surface area contributed by atoms with Crippen molar-refractivity contribution >= 4 is 0 Å². The molecule has 2 heterocycles. The average molecular weight is 389 g/mol. The molecule has 0 radical (unpaired) electrons. The van der Waals surface area contributed by atoms with E-state index < -0.39 is 5.60 Å². The molecule has 0 spiro atoms. The van der Waals surface area contributed by atoms with Gasteiger partial charge in [0.15, 0.2) is 0 Å². The summed E-state index contributed by atoms with van der Waals surface area (Å²) in [5.74, 6) is 0.875. The molecule has 29 heavy (non-hydrogen) atoms. The lowest BCUT2D eigenvalue weighted by Gasteiger charge is -2.38. The Morgan fingerprint density at radius 3 is 2.48 bits per heavy atom. The zero-order chi connectivity index (χ0) is 20.1. The summed E-state index contributed by atoms with van der Waals surface area (Å²) in [6.07, 6.45) is 5.11. The molecule has 1 fully saturated rings. The third kappa shape index (κ3) is 5.03. The molecule has 1 aromatic heterocycles. The Morgan fingerprint density at radius 2 is 1.76 bits per heavy atom. The number of aromatic nitrogens is 1. The molecule has 0 unspecified atom stereocenters. The van der Waals surface area contributed by atoms with E-state index in [1.54, 1.807) is 6.20 Å². The molecule has 4 rings (SSSR count). The van der Waals surface area contributed by atoms with Crippen LogP contribution in [0.4, 0.5) is 0 Å². The highest BCUT2D eigenvalue weighted by atomic mass is 16.5. The Balaban J connectivity index is 1.33. The molecule has 0 aliphatic carbocycles. The molecule has 4 nitrogen and oxygen atoms in total. The third-order valence-corrected chi connectivity index (χ3v) is 5.71. The normalized spacial score (nSPS) is 16.5. The van der Waals surface area contributed by atoms with Gasteiger partial charge in [-0.3, -0.25) is 9.88 Å². The number of piperidine rings is 1. The molecular weight excluding hydrogens is 360 g/mol. The standard InChI is InChI=1S/C25H28N2O2/c1-20-7-9-23(10-8-20)25(28)11-14-27(15-12-25)18-21-4-2-6-24(16-21)29-19-22-5-3-13-26-17-22/h2-10,13,16-17,28H,11-12,14-15,18-19H2,1H3. The molecule has 0 atom stereocenters. The van der Waals surface area contributed by atoms with Crippen molar-refractivity contribution < 1.29 is 9.84 Å². The summed E-state index contributed by atoms with van der Waals surface area (Å²) in [4.78, 5) is 6.53. The van der Waals surface area contributed by atoms with Crippen LogP contribution in [0.5, 0.6) is 5.75 Å². The van der Waals surface area contributed by atoms with E-state index in [0.29, 0.717) is 6.61 Å². The minimum Gasteiger partial charge on any atom is -0.489 e. The van der Waals surface area contributed by atoms with E-state index in [-0.39, 0.29) is 0 Å². The van der Waals surface area contributed by atoms with Gasteiger partial charge in [-0.15, -0.1) is 0 Å².